The van der Waals surface area contributed by atoms with Gasteiger partial charge in [0.25, 0.3) is 5.56 Å². The number of piperidine rings is 1. The number of hydrogen-bond donors (Lipinski definition) is 1. The first-order valence-electron chi connectivity index (χ1n) is 10.8. The number of esters is 1. The molecular weight excluding hydrogens is 547 g/mol. The van der Waals surface area contributed by atoms with Crippen molar-refractivity contribution in [1.29, 1.82) is 0 Å². The van der Waals surface area contributed by atoms with E-state index in [-0.39, 0.29) is 42.1 Å². The molecule has 2 aromatic heterocycles. The molecule has 188 valence electrons. The Morgan fingerprint density at radius 3 is 2.74 bits per heavy atom. The van der Waals surface area contributed by atoms with Gasteiger partial charge < -0.3 is 24.2 Å². The van der Waals surface area contributed by atoms with Gasteiger partial charge >= 0.3 is 5.97 Å². The molecule has 0 radical (unpaired) electrons. The fourth-order valence-electron chi connectivity index (χ4n) is 3.80. The number of benzene rings is 1. The number of anilines is 1. The predicted octanol–water partition coefficient (Wildman–Crippen LogP) is 2.48. The van der Waals surface area contributed by atoms with Gasteiger partial charge in [-0.1, -0.05) is 11.3 Å². The third-order valence-electron chi connectivity index (χ3n) is 5.59. The lowest BCUT2D eigenvalue weighted by molar-refractivity contribution is -0.150. The van der Waals surface area contributed by atoms with Crippen LogP contribution in [0.5, 0.6) is 5.75 Å². The van der Waals surface area contributed by atoms with E-state index in [0.717, 1.165) is 0 Å². The highest BCUT2D eigenvalue weighted by atomic mass is 79.9. The van der Waals surface area contributed by atoms with Gasteiger partial charge in [0.15, 0.2) is 16.9 Å². The van der Waals surface area contributed by atoms with Crippen molar-refractivity contribution in [3.63, 3.8) is 0 Å². The second kappa shape index (κ2) is 11.0. The summed E-state index contributed by atoms with van der Waals surface area (Å²) in [6, 6.07) is 4.33. The molecule has 1 aliphatic heterocycles. The number of hydrogen-bond acceptors (Lipinski definition) is 10. The zero-order valence-corrected chi connectivity index (χ0v) is 21.5. The molecule has 0 saturated carbocycles. The third kappa shape index (κ3) is 5.63. The molecule has 1 saturated heterocycles. The minimum absolute atomic E-state index is 0.0813. The van der Waals surface area contributed by atoms with E-state index in [2.05, 4.69) is 35.5 Å². The highest BCUT2D eigenvalue weighted by Gasteiger charge is 2.26. The summed E-state index contributed by atoms with van der Waals surface area (Å²) in [6.45, 7) is 1.19. The Balaban J connectivity index is 1.52. The predicted molar refractivity (Wildman–Crippen MR) is 130 cm³/mol. The van der Waals surface area contributed by atoms with Gasteiger partial charge in [-0.3, -0.25) is 9.36 Å². The fraction of sp³-hybridized carbons (Fsp3) is 0.455. The maximum atomic E-state index is 13.6. The summed E-state index contributed by atoms with van der Waals surface area (Å²) in [7, 11) is 2.60. The van der Waals surface area contributed by atoms with Crippen molar-refractivity contribution in [2.45, 2.75) is 38.2 Å². The quantitative estimate of drug-likeness (QED) is 0.407. The lowest BCUT2D eigenvalue weighted by Gasteiger charge is -2.32. The van der Waals surface area contributed by atoms with Crippen molar-refractivity contribution >= 4 is 48.7 Å². The molecule has 1 aliphatic rings. The van der Waals surface area contributed by atoms with Crippen molar-refractivity contribution in [3.8, 4) is 5.75 Å². The van der Waals surface area contributed by atoms with Crippen LogP contribution in [0.1, 0.15) is 18.7 Å². The van der Waals surface area contributed by atoms with Crippen LogP contribution in [0.4, 0.5) is 9.52 Å². The molecular formula is C22H24BrFN4O6S. The summed E-state index contributed by atoms with van der Waals surface area (Å²) in [5.74, 6) is -0.544. The normalized spacial score (nSPS) is 15.4. The van der Waals surface area contributed by atoms with E-state index < -0.39 is 12.1 Å². The number of fused-ring (bicyclic) bond motifs is 1. The topological polar surface area (TPSA) is 116 Å². The Morgan fingerprint density at radius 1 is 1.31 bits per heavy atom. The van der Waals surface area contributed by atoms with Crippen molar-refractivity contribution in [1.82, 2.24) is 14.5 Å². The van der Waals surface area contributed by atoms with Gasteiger partial charge in [0, 0.05) is 45.5 Å². The van der Waals surface area contributed by atoms with E-state index in [0.29, 0.717) is 46.0 Å². The number of nitrogens with zero attached hydrogens (tertiary/aromatic N) is 4. The monoisotopic (exact) mass is 570 g/mol. The van der Waals surface area contributed by atoms with Crippen LogP contribution in [-0.2, 0) is 27.4 Å². The number of rotatable bonds is 8. The van der Waals surface area contributed by atoms with E-state index in [1.807, 2.05) is 0 Å². The Bertz CT molecular complexity index is 1280. The zero-order chi connectivity index (χ0) is 25.1. The molecule has 1 aromatic carbocycles. The number of thiazole rings is 1. The first-order valence-corrected chi connectivity index (χ1v) is 12.4. The first kappa shape index (κ1) is 25.5. The van der Waals surface area contributed by atoms with E-state index >= 15 is 0 Å². The van der Waals surface area contributed by atoms with Crippen LogP contribution in [0, 0.1) is 5.82 Å². The van der Waals surface area contributed by atoms with Crippen molar-refractivity contribution in [2.24, 2.45) is 0 Å². The Morgan fingerprint density at radius 2 is 2.06 bits per heavy atom. The SMILES string of the molecule is COCn1c(CC(O)C(=O)OC)nc2nc(N3CCC(Oc4cc(F)ccc4Br)CC3)sc2c1=O. The summed E-state index contributed by atoms with van der Waals surface area (Å²) < 4.78 is 31.5. The van der Waals surface area contributed by atoms with Gasteiger partial charge in [-0.2, -0.15) is 4.98 Å². The minimum atomic E-state index is -1.47. The highest BCUT2D eigenvalue weighted by Crippen LogP contribution is 2.31. The summed E-state index contributed by atoms with van der Waals surface area (Å²) in [5, 5.41) is 10.7. The Kier molecular flexibility index (Phi) is 7.99. The standard InChI is InChI=1S/C22H24BrFN4O6S/c1-32-11-28-17(10-15(29)21(31)33-2)25-19-18(20(28)30)35-22(26-19)27-7-5-13(6-8-27)34-16-9-12(24)3-4-14(16)23/h3-4,9,13,15,29H,5-8,10-11H2,1-2H3. The summed E-state index contributed by atoms with van der Waals surface area (Å²) in [4.78, 5) is 35.8. The number of carbonyl (C=O) groups excluding carboxylic acids is 1. The van der Waals surface area contributed by atoms with E-state index in [1.54, 1.807) is 6.07 Å². The summed E-state index contributed by atoms with van der Waals surface area (Å²) >= 11 is 4.61. The van der Waals surface area contributed by atoms with Crippen LogP contribution < -0.4 is 15.2 Å². The molecule has 1 atom stereocenters. The van der Waals surface area contributed by atoms with Gasteiger partial charge in [-0.05, 0) is 28.1 Å². The van der Waals surface area contributed by atoms with Crippen molar-refractivity contribution < 1.29 is 28.5 Å². The van der Waals surface area contributed by atoms with Gasteiger partial charge in [-0.25, -0.2) is 14.2 Å². The van der Waals surface area contributed by atoms with Crippen LogP contribution in [-0.4, -0.2) is 65.1 Å². The summed E-state index contributed by atoms with van der Waals surface area (Å²) in [6.07, 6.45) is -0.384. The number of methoxy groups -OCH3 is 2. The number of carbonyl (C=O) groups is 1. The summed E-state index contributed by atoms with van der Waals surface area (Å²) in [5.41, 5.74) is -0.113. The molecule has 0 bridgehead atoms. The van der Waals surface area contributed by atoms with Gasteiger partial charge in [0.2, 0.25) is 0 Å². The maximum absolute atomic E-state index is 13.6. The molecule has 3 heterocycles. The van der Waals surface area contributed by atoms with Crippen LogP contribution in [0.2, 0.25) is 0 Å². The number of halogens is 2. The number of aliphatic hydroxyl groups excluding tert-OH is 1. The number of aliphatic hydroxyl groups is 1. The highest BCUT2D eigenvalue weighted by molar-refractivity contribution is 9.10. The fourth-order valence-corrected chi connectivity index (χ4v) is 5.14. The molecule has 1 N–H and O–H groups in total. The maximum Gasteiger partial charge on any atom is 0.335 e. The number of ether oxygens (including phenoxy) is 3. The molecule has 3 aromatic rings. The minimum Gasteiger partial charge on any atom is -0.489 e. The number of aromatic nitrogens is 3. The van der Waals surface area contributed by atoms with Crippen LogP contribution in [0.25, 0.3) is 10.3 Å². The van der Waals surface area contributed by atoms with Crippen LogP contribution in [0.3, 0.4) is 0 Å². The molecule has 0 aliphatic carbocycles. The largest absolute Gasteiger partial charge is 0.489 e. The van der Waals surface area contributed by atoms with E-state index in [4.69, 9.17) is 9.47 Å². The lowest BCUT2D eigenvalue weighted by Crippen LogP contribution is -2.38. The smallest absolute Gasteiger partial charge is 0.335 e. The van der Waals surface area contributed by atoms with E-state index in [9.17, 15) is 19.1 Å². The van der Waals surface area contributed by atoms with Crippen LogP contribution in [0.15, 0.2) is 27.5 Å². The molecule has 0 amide bonds. The zero-order valence-electron chi connectivity index (χ0n) is 19.1. The van der Waals surface area contributed by atoms with Gasteiger partial charge in [0.05, 0.1) is 11.6 Å². The lowest BCUT2D eigenvalue weighted by atomic mass is 10.1. The molecule has 13 heteroatoms. The molecule has 10 nitrogen and oxygen atoms in total. The molecule has 1 unspecified atom stereocenters. The molecule has 4 rings (SSSR count). The molecule has 35 heavy (non-hydrogen) atoms. The van der Waals surface area contributed by atoms with E-state index in [1.165, 1.54) is 42.3 Å². The third-order valence-corrected chi connectivity index (χ3v) is 7.34. The first-order chi connectivity index (χ1) is 16.8. The Labute approximate surface area is 212 Å². The van der Waals surface area contributed by atoms with Gasteiger partial charge in [-0.15, -0.1) is 0 Å². The van der Waals surface area contributed by atoms with Crippen molar-refractivity contribution in [2.75, 3.05) is 32.2 Å². The van der Waals surface area contributed by atoms with Gasteiger partial charge in [0.1, 0.15) is 34.9 Å². The van der Waals surface area contributed by atoms with Crippen LogP contribution >= 0.6 is 27.3 Å². The Hall–Kier alpha value is -2.61. The second-order valence-corrected chi connectivity index (χ2v) is 9.78. The average molecular weight is 571 g/mol. The second-order valence-electron chi connectivity index (χ2n) is 7.95. The molecule has 1 fully saturated rings. The molecule has 0 spiro atoms. The average Bonchev–Trinajstić information content (AvgIpc) is 3.28. The van der Waals surface area contributed by atoms with Crippen molar-refractivity contribution in [3.05, 3.63) is 44.7 Å².